The third kappa shape index (κ3) is 12.5. The van der Waals surface area contributed by atoms with Crippen LogP contribution >= 0.6 is 0 Å². The van der Waals surface area contributed by atoms with Gasteiger partial charge in [-0.25, -0.2) is 0 Å². The van der Waals surface area contributed by atoms with Gasteiger partial charge in [0.25, 0.3) is 0 Å². The van der Waals surface area contributed by atoms with Gasteiger partial charge in [-0.2, -0.15) is 0 Å². The average Bonchev–Trinajstić information content (AvgIpc) is 2.37. The lowest BCUT2D eigenvalue weighted by Crippen LogP contribution is -2.24. The van der Waals surface area contributed by atoms with Crippen molar-refractivity contribution in [1.82, 2.24) is 0 Å². The largest absolute Gasteiger partial charge is 0.460 e. The molecule has 0 aromatic heterocycles. The highest BCUT2D eigenvalue weighted by Crippen LogP contribution is 2.14. The number of rotatable bonds is 11. The first-order valence-electron chi connectivity index (χ1n) is 7.57. The zero-order chi connectivity index (χ0) is 16.3. The molecule has 0 radical (unpaired) electrons. The van der Waals surface area contributed by atoms with E-state index in [1.165, 1.54) is 0 Å². The average molecular weight is 302 g/mol. The van der Waals surface area contributed by atoms with Crippen molar-refractivity contribution in [3.63, 3.8) is 0 Å². The molecule has 0 aromatic rings. The number of carbonyl (C=O) groups is 2. The van der Waals surface area contributed by atoms with Gasteiger partial charge in [-0.1, -0.05) is 6.92 Å². The van der Waals surface area contributed by atoms with Gasteiger partial charge < -0.3 is 14.2 Å². The number of methoxy groups -OCH3 is 1. The Morgan fingerprint density at radius 3 is 2.29 bits per heavy atom. The summed E-state index contributed by atoms with van der Waals surface area (Å²) in [7, 11) is 1.62. The SMILES string of the molecule is COCCOCCCC(=O)C(C)CCC(=O)OC(C)(C)C. The van der Waals surface area contributed by atoms with Gasteiger partial charge in [0.2, 0.25) is 0 Å². The highest BCUT2D eigenvalue weighted by molar-refractivity contribution is 5.81. The van der Waals surface area contributed by atoms with Crippen LogP contribution in [0, 0.1) is 5.92 Å². The molecule has 0 aliphatic heterocycles. The van der Waals surface area contributed by atoms with E-state index in [1.54, 1.807) is 7.11 Å². The fourth-order valence-electron chi connectivity index (χ4n) is 1.73. The van der Waals surface area contributed by atoms with E-state index in [-0.39, 0.29) is 24.1 Å². The second-order valence-electron chi connectivity index (χ2n) is 6.20. The molecular weight excluding hydrogens is 272 g/mol. The number of ketones is 1. The number of hydrogen-bond acceptors (Lipinski definition) is 5. The van der Waals surface area contributed by atoms with Gasteiger partial charge in [0.05, 0.1) is 13.2 Å². The number of carbonyl (C=O) groups excluding carboxylic acids is 2. The monoisotopic (exact) mass is 302 g/mol. The molecule has 0 aromatic carbocycles. The van der Waals surface area contributed by atoms with Crippen molar-refractivity contribution in [2.24, 2.45) is 5.92 Å². The smallest absolute Gasteiger partial charge is 0.306 e. The number of Topliss-reactive ketones (excluding diaryl/α,β-unsaturated/α-hetero) is 1. The molecule has 1 atom stereocenters. The van der Waals surface area contributed by atoms with Crippen molar-refractivity contribution in [1.29, 1.82) is 0 Å². The molecule has 5 heteroatoms. The highest BCUT2D eigenvalue weighted by atomic mass is 16.6. The maximum Gasteiger partial charge on any atom is 0.306 e. The van der Waals surface area contributed by atoms with Crippen molar-refractivity contribution in [2.45, 2.75) is 59.0 Å². The first kappa shape index (κ1) is 20.1. The van der Waals surface area contributed by atoms with Gasteiger partial charge >= 0.3 is 5.97 Å². The van der Waals surface area contributed by atoms with Crippen LogP contribution in [-0.4, -0.2) is 44.3 Å². The molecule has 0 aliphatic carbocycles. The number of ether oxygens (including phenoxy) is 3. The highest BCUT2D eigenvalue weighted by Gasteiger charge is 2.19. The van der Waals surface area contributed by atoms with E-state index in [2.05, 4.69) is 0 Å². The summed E-state index contributed by atoms with van der Waals surface area (Å²) < 4.78 is 15.4. The Hall–Kier alpha value is -0.940. The van der Waals surface area contributed by atoms with E-state index in [9.17, 15) is 9.59 Å². The van der Waals surface area contributed by atoms with Gasteiger partial charge in [0.15, 0.2) is 0 Å². The normalized spacial score (nSPS) is 13.0. The predicted octanol–water partition coefficient (Wildman–Crippen LogP) is 2.76. The fraction of sp³-hybridized carbons (Fsp3) is 0.875. The molecular formula is C16H30O5. The molecule has 1 unspecified atom stereocenters. The van der Waals surface area contributed by atoms with E-state index in [4.69, 9.17) is 14.2 Å². The van der Waals surface area contributed by atoms with Gasteiger partial charge in [-0.05, 0) is 33.6 Å². The Morgan fingerprint density at radius 1 is 1.05 bits per heavy atom. The summed E-state index contributed by atoms with van der Waals surface area (Å²) in [5.41, 5.74) is -0.468. The lowest BCUT2D eigenvalue weighted by Gasteiger charge is -2.20. The minimum atomic E-state index is -0.468. The van der Waals surface area contributed by atoms with Crippen molar-refractivity contribution in [3.05, 3.63) is 0 Å². The van der Waals surface area contributed by atoms with Crippen LogP contribution in [-0.2, 0) is 23.8 Å². The van der Waals surface area contributed by atoms with Gasteiger partial charge in [0, 0.05) is 32.5 Å². The van der Waals surface area contributed by atoms with Crippen molar-refractivity contribution in [2.75, 3.05) is 26.9 Å². The summed E-state index contributed by atoms with van der Waals surface area (Å²) in [5, 5.41) is 0. The molecule has 0 aliphatic rings. The van der Waals surface area contributed by atoms with E-state index in [0.29, 0.717) is 39.1 Å². The minimum Gasteiger partial charge on any atom is -0.460 e. The van der Waals surface area contributed by atoms with E-state index in [1.807, 2.05) is 27.7 Å². The minimum absolute atomic E-state index is 0.114. The summed E-state index contributed by atoms with van der Waals surface area (Å²) in [5.74, 6) is -0.185. The van der Waals surface area contributed by atoms with E-state index >= 15 is 0 Å². The topological polar surface area (TPSA) is 61.8 Å². The lowest BCUT2D eigenvalue weighted by atomic mass is 9.97. The molecule has 5 nitrogen and oxygen atoms in total. The summed E-state index contributed by atoms with van der Waals surface area (Å²) in [6.45, 7) is 9.06. The Kier molecular flexibility index (Phi) is 10.3. The summed E-state index contributed by atoms with van der Waals surface area (Å²) in [6.07, 6.45) is 2.02. The Balaban J connectivity index is 3.73. The zero-order valence-corrected chi connectivity index (χ0v) is 14.1. The first-order chi connectivity index (χ1) is 9.76. The second-order valence-corrected chi connectivity index (χ2v) is 6.20. The molecule has 0 rings (SSSR count). The van der Waals surface area contributed by atoms with Crippen LogP contribution in [0.5, 0.6) is 0 Å². The van der Waals surface area contributed by atoms with Gasteiger partial charge in [0.1, 0.15) is 11.4 Å². The molecule has 0 saturated carbocycles. The molecule has 21 heavy (non-hydrogen) atoms. The molecule has 0 bridgehead atoms. The summed E-state index contributed by atoms with van der Waals surface area (Å²) >= 11 is 0. The van der Waals surface area contributed by atoms with Crippen LogP contribution < -0.4 is 0 Å². The van der Waals surface area contributed by atoms with E-state index < -0.39 is 5.60 Å². The number of esters is 1. The lowest BCUT2D eigenvalue weighted by molar-refractivity contribution is -0.155. The van der Waals surface area contributed by atoms with Crippen LogP contribution in [0.25, 0.3) is 0 Å². The van der Waals surface area contributed by atoms with Gasteiger partial charge in [-0.3, -0.25) is 9.59 Å². The molecule has 0 saturated heterocycles. The first-order valence-corrected chi connectivity index (χ1v) is 7.57. The standard InChI is InChI=1S/C16H30O5/c1-13(8-9-15(18)21-16(2,3)4)14(17)7-6-10-20-12-11-19-5/h13H,6-12H2,1-5H3. The van der Waals surface area contributed by atoms with Crippen molar-refractivity contribution >= 4 is 11.8 Å². The van der Waals surface area contributed by atoms with Gasteiger partial charge in [-0.15, -0.1) is 0 Å². The van der Waals surface area contributed by atoms with Crippen LogP contribution in [0.4, 0.5) is 0 Å². The molecule has 0 fully saturated rings. The predicted molar refractivity (Wildman–Crippen MR) is 81.2 cm³/mol. The van der Waals surface area contributed by atoms with Crippen LogP contribution in [0.15, 0.2) is 0 Å². The van der Waals surface area contributed by atoms with Crippen LogP contribution in [0.3, 0.4) is 0 Å². The second kappa shape index (κ2) is 10.7. The molecule has 0 spiro atoms. The third-order valence-electron chi connectivity index (χ3n) is 2.89. The zero-order valence-electron chi connectivity index (χ0n) is 14.1. The van der Waals surface area contributed by atoms with E-state index in [0.717, 1.165) is 0 Å². The van der Waals surface area contributed by atoms with Crippen molar-refractivity contribution in [3.8, 4) is 0 Å². The summed E-state index contributed by atoms with van der Waals surface area (Å²) in [6, 6.07) is 0. The molecule has 0 N–H and O–H groups in total. The molecule has 124 valence electrons. The van der Waals surface area contributed by atoms with Crippen LogP contribution in [0.2, 0.25) is 0 Å². The molecule has 0 heterocycles. The van der Waals surface area contributed by atoms with Crippen LogP contribution in [0.1, 0.15) is 53.4 Å². The number of hydrogen-bond donors (Lipinski definition) is 0. The fourth-order valence-corrected chi connectivity index (χ4v) is 1.73. The van der Waals surface area contributed by atoms with Crippen molar-refractivity contribution < 1.29 is 23.8 Å². The maximum atomic E-state index is 11.9. The third-order valence-corrected chi connectivity index (χ3v) is 2.89. The summed E-state index contributed by atoms with van der Waals surface area (Å²) in [4.78, 5) is 23.5. The maximum absolute atomic E-state index is 11.9. The Bertz CT molecular complexity index is 306. The molecule has 0 amide bonds. The quantitative estimate of drug-likeness (QED) is 0.434. The Morgan fingerprint density at radius 2 is 1.71 bits per heavy atom. The Labute approximate surface area is 128 Å².